The predicted octanol–water partition coefficient (Wildman–Crippen LogP) is 3.05. The molecular weight excluding hydrogens is 382 g/mol. The highest BCUT2D eigenvalue weighted by Gasteiger charge is 2.55. The maximum atomic E-state index is 12.9. The normalized spacial score (nSPS) is 20.3. The van der Waals surface area contributed by atoms with Gasteiger partial charge in [0.05, 0.1) is 5.69 Å². The van der Waals surface area contributed by atoms with Crippen LogP contribution in [0.1, 0.15) is 30.9 Å². The number of carbonyl (C=O) groups is 3. The number of rotatable bonds is 5. The molecule has 2 aliphatic heterocycles. The monoisotopic (exact) mass is 405 g/mol. The van der Waals surface area contributed by atoms with Crippen molar-refractivity contribution in [2.45, 2.75) is 38.8 Å². The van der Waals surface area contributed by atoms with E-state index in [9.17, 15) is 14.4 Å². The lowest BCUT2D eigenvalue weighted by Crippen LogP contribution is -2.43. The molecule has 0 unspecified atom stereocenters. The van der Waals surface area contributed by atoms with E-state index in [1.54, 1.807) is 12.1 Å². The first kappa shape index (κ1) is 19.8. The maximum Gasteiger partial charge on any atom is 0.263 e. The van der Waals surface area contributed by atoms with Crippen LogP contribution in [0.3, 0.4) is 0 Å². The zero-order valence-corrected chi connectivity index (χ0v) is 17.1. The molecule has 2 aromatic rings. The van der Waals surface area contributed by atoms with Gasteiger partial charge < -0.3 is 5.32 Å². The molecule has 8 nitrogen and oxygen atoms in total. The van der Waals surface area contributed by atoms with Crippen LogP contribution in [0.15, 0.2) is 58.9 Å². The van der Waals surface area contributed by atoms with Crippen molar-refractivity contribution in [2.24, 2.45) is 10.3 Å². The highest BCUT2D eigenvalue weighted by atomic mass is 16.2. The minimum absolute atomic E-state index is 0.169. The van der Waals surface area contributed by atoms with E-state index < -0.39 is 23.9 Å². The van der Waals surface area contributed by atoms with E-state index in [4.69, 9.17) is 0 Å². The molecule has 2 aromatic carbocycles. The molecule has 8 heteroatoms. The molecule has 0 bridgehead atoms. The smallest absolute Gasteiger partial charge is 0.263 e. The number of hydrogen-bond acceptors (Lipinski definition) is 6. The fraction of sp³-hybridized carbons (Fsp3) is 0.318. The van der Waals surface area contributed by atoms with Crippen molar-refractivity contribution in [3.63, 3.8) is 0 Å². The van der Waals surface area contributed by atoms with Crippen LogP contribution >= 0.6 is 0 Å². The van der Waals surface area contributed by atoms with Gasteiger partial charge in [0.2, 0.25) is 5.91 Å². The number of nitrogens with zero attached hydrogens (tertiary/aromatic N) is 4. The lowest BCUT2D eigenvalue weighted by molar-refractivity contribution is -0.123. The third-order valence-corrected chi connectivity index (χ3v) is 5.32. The lowest BCUT2D eigenvalue weighted by atomic mass is 10.0. The van der Waals surface area contributed by atoms with Crippen molar-refractivity contribution in [1.82, 2.24) is 5.01 Å². The Hall–Kier alpha value is -3.55. The van der Waals surface area contributed by atoms with E-state index in [1.165, 1.54) is 10.6 Å². The minimum Gasteiger partial charge on any atom is -0.324 e. The van der Waals surface area contributed by atoms with Crippen molar-refractivity contribution < 1.29 is 14.4 Å². The molecule has 0 aliphatic carbocycles. The fourth-order valence-electron chi connectivity index (χ4n) is 3.60. The first-order chi connectivity index (χ1) is 14.3. The molecule has 1 N–H and O–H groups in total. The number of amides is 3. The summed E-state index contributed by atoms with van der Waals surface area (Å²) in [5.74, 6) is -0.780. The van der Waals surface area contributed by atoms with Gasteiger partial charge in [0.25, 0.3) is 11.8 Å². The third kappa shape index (κ3) is 3.56. The van der Waals surface area contributed by atoms with Crippen LogP contribution in [0.5, 0.6) is 0 Å². The van der Waals surface area contributed by atoms with Crippen molar-refractivity contribution in [1.29, 1.82) is 0 Å². The molecule has 2 atom stereocenters. The summed E-state index contributed by atoms with van der Waals surface area (Å²) < 4.78 is 0. The Labute approximate surface area is 174 Å². The highest BCUT2D eigenvalue weighted by molar-refractivity contribution is 6.25. The van der Waals surface area contributed by atoms with Gasteiger partial charge in [0, 0.05) is 5.69 Å². The predicted molar refractivity (Wildman–Crippen MR) is 112 cm³/mol. The first-order valence-corrected chi connectivity index (χ1v) is 9.87. The topological polar surface area (TPSA) is 94.4 Å². The highest BCUT2D eigenvalue weighted by Crippen LogP contribution is 2.31. The molecule has 1 fully saturated rings. The van der Waals surface area contributed by atoms with Gasteiger partial charge in [0.15, 0.2) is 12.1 Å². The number of imide groups is 1. The number of benzene rings is 2. The van der Waals surface area contributed by atoms with E-state index in [1.807, 2.05) is 43.3 Å². The Balaban J connectivity index is 1.44. The average molecular weight is 405 g/mol. The molecule has 30 heavy (non-hydrogen) atoms. The van der Waals surface area contributed by atoms with Crippen LogP contribution < -0.4 is 10.2 Å². The molecule has 4 rings (SSSR count). The Morgan fingerprint density at radius 1 is 1.03 bits per heavy atom. The second-order valence-electron chi connectivity index (χ2n) is 7.86. The van der Waals surface area contributed by atoms with E-state index in [2.05, 4.69) is 29.5 Å². The zero-order valence-electron chi connectivity index (χ0n) is 17.1. The Morgan fingerprint density at radius 3 is 2.33 bits per heavy atom. The second kappa shape index (κ2) is 7.70. The molecule has 2 aliphatic rings. The van der Waals surface area contributed by atoms with Gasteiger partial charge in [-0.15, -0.1) is 0 Å². The molecule has 0 saturated carbocycles. The SMILES string of the molecule is Cc1ccc(N2C(=O)[C@@H]3[C@@H](N=NN3CC(=O)Nc3ccc(C(C)C)cc3)C2=O)cc1. The van der Waals surface area contributed by atoms with Gasteiger partial charge in [0.1, 0.15) is 6.54 Å². The lowest BCUT2D eigenvalue weighted by Gasteiger charge is -2.20. The average Bonchev–Trinajstić information content (AvgIpc) is 3.23. The molecular formula is C22H23N5O3. The van der Waals surface area contributed by atoms with Crippen LogP contribution in [0.2, 0.25) is 0 Å². The van der Waals surface area contributed by atoms with Crippen molar-refractivity contribution in [3.8, 4) is 0 Å². The summed E-state index contributed by atoms with van der Waals surface area (Å²) >= 11 is 0. The molecule has 154 valence electrons. The molecule has 0 radical (unpaired) electrons. The summed E-state index contributed by atoms with van der Waals surface area (Å²) in [5, 5.41) is 12.0. The Kier molecular flexibility index (Phi) is 5.07. The van der Waals surface area contributed by atoms with Gasteiger partial charge in [-0.25, -0.2) is 4.90 Å². The van der Waals surface area contributed by atoms with Gasteiger partial charge in [-0.1, -0.05) is 48.9 Å². The number of hydrogen-bond donors (Lipinski definition) is 1. The molecule has 0 spiro atoms. The van der Waals surface area contributed by atoms with Crippen molar-refractivity contribution in [3.05, 3.63) is 59.7 Å². The molecule has 3 amide bonds. The van der Waals surface area contributed by atoms with Crippen LogP contribution in [0, 0.1) is 6.92 Å². The van der Waals surface area contributed by atoms with Crippen LogP contribution in [-0.2, 0) is 14.4 Å². The van der Waals surface area contributed by atoms with Crippen LogP contribution in [0.4, 0.5) is 11.4 Å². The molecule has 2 heterocycles. The number of fused-ring (bicyclic) bond motifs is 1. The van der Waals surface area contributed by atoms with Crippen LogP contribution in [-0.4, -0.2) is 41.4 Å². The minimum atomic E-state index is -0.920. The summed E-state index contributed by atoms with van der Waals surface area (Å²) in [6.07, 6.45) is 0. The first-order valence-electron chi connectivity index (χ1n) is 9.87. The second-order valence-corrected chi connectivity index (χ2v) is 7.86. The van der Waals surface area contributed by atoms with Gasteiger partial charge in [-0.2, -0.15) is 5.11 Å². The number of carbonyl (C=O) groups excluding carboxylic acids is 3. The number of anilines is 2. The third-order valence-electron chi connectivity index (χ3n) is 5.32. The number of aryl methyl sites for hydroxylation is 1. The molecule has 1 saturated heterocycles. The van der Waals surface area contributed by atoms with Crippen molar-refractivity contribution in [2.75, 3.05) is 16.8 Å². The summed E-state index contributed by atoms with van der Waals surface area (Å²) in [5.41, 5.74) is 3.36. The molecule has 0 aromatic heterocycles. The summed E-state index contributed by atoms with van der Waals surface area (Å²) in [4.78, 5) is 39.3. The van der Waals surface area contributed by atoms with E-state index in [0.717, 1.165) is 10.5 Å². The standard InChI is InChI=1S/C22H23N5O3/c1-13(2)15-6-8-16(9-7-15)23-18(28)12-26-20-19(24-25-26)21(29)27(22(20)30)17-10-4-14(3)5-11-17/h4-11,13,19-20H,12H2,1-3H3,(H,23,28)/t19-,20+/m1/s1. The van der Waals surface area contributed by atoms with E-state index in [-0.39, 0.29) is 12.5 Å². The Bertz CT molecular complexity index is 1010. The largest absolute Gasteiger partial charge is 0.324 e. The van der Waals surface area contributed by atoms with Crippen LogP contribution in [0.25, 0.3) is 0 Å². The van der Waals surface area contributed by atoms with Crippen molar-refractivity contribution >= 4 is 29.1 Å². The van der Waals surface area contributed by atoms with E-state index in [0.29, 0.717) is 17.3 Å². The summed E-state index contributed by atoms with van der Waals surface area (Å²) in [7, 11) is 0. The fourth-order valence-corrected chi connectivity index (χ4v) is 3.60. The van der Waals surface area contributed by atoms with Gasteiger partial charge >= 0.3 is 0 Å². The van der Waals surface area contributed by atoms with Gasteiger partial charge in [-0.3, -0.25) is 19.4 Å². The van der Waals surface area contributed by atoms with Gasteiger partial charge in [-0.05, 0) is 42.7 Å². The summed E-state index contributed by atoms with van der Waals surface area (Å²) in [6.45, 7) is 5.96. The van der Waals surface area contributed by atoms with E-state index >= 15 is 0 Å². The maximum absolute atomic E-state index is 12.9. The quantitative estimate of drug-likeness (QED) is 0.774. The summed E-state index contributed by atoms with van der Waals surface area (Å²) in [6, 6.07) is 12.9. The Morgan fingerprint density at radius 2 is 1.70 bits per heavy atom. The number of nitrogens with one attached hydrogen (secondary N) is 1. The zero-order chi connectivity index (χ0) is 21.4.